The largest absolute Gasteiger partial charge is 0.389 e. The summed E-state index contributed by atoms with van der Waals surface area (Å²) < 4.78 is 19.0. The van der Waals surface area contributed by atoms with Gasteiger partial charge in [0.05, 0.1) is 19.3 Å². The van der Waals surface area contributed by atoms with Gasteiger partial charge in [-0.1, -0.05) is 18.2 Å². The molecule has 2 heterocycles. The molecule has 0 spiro atoms. The molecule has 5 heteroatoms. The average molecular weight is 335 g/mol. The first-order valence-corrected chi connectivity index (χ1v) is 8.88. The lowest BCUT2D eigenvalue weighted by Gasteiger charge is -2.27. The fourth-order valence-corrected chi connectivity index (χ4v) is 3.79. The van der Waals surface area contributed by atoms with Crippen molar-refractivity contribution in [1.29, 1.82) is 0 Å². The van der Waals surface area contributed by atoms with Gasteiger partial charge in [-0.05, 0) is 48.5 Å². The number of thiophene rings is 1. The summed E-state index contributed by atoms with van der Waals surface area (Å²) in [6, 6.07) is 11.0. The maximum absolute atomic E-state index is 13.4. The molecule has 0 radical (unpaired) electrons. The van der Waals surface area contributed by atoms with E-state index in [1.54, 1.807) is 23.5 Å². The van der Waals surface area contributed by atoms with Crippen LogP contribution in [0, 0.1) is 5.82 Å². The Bertz CT molecular complexity index is 605. The number of aliphatic hydroxyl groups excluding tert-OH is 1. The topological polar surface area (TPSA) is 32.7 Å². The van der Waals surface area contributed by atoms with Gasteiger partial charge in [-0.2, -0.15) is 0 Å². The molecule has 0 unspecified atom stereocenters. The van der Waals surface area contributed by atoms with Gasteiger partial charge in [0.15, 0.2) is 0 Å². The fourth-order valence-electron chi connectivity index (χ4n) is 3.15. The van der Waals surface area contributed by atoms with Gasteiger partial charge in [-0.15, -0.1) is 11.3 Å². The molecular weight excluding hydrogens is 313 g/mol. The molecule has 1 aliphatic heterocycles. The molecule has 3 rings (SSSR count). The molecule has 0 aliphatic carbocycles. The molecule has 2 aromatic rings. The lowest BCUT2D eigenvalue weighted by Crippen LogP contribution is -2.34. The van der Waals surface area contributed by atoms with Crippen molar-refractivity contribution >= 4 is 11.3 Å². The molecule has 0 saturated carbocycles. The Morgan fingerprint density at radius 1 is 1.35 bits per heavy atom. The second-order valence-electron chi connectivity index (χ2n) is 5.96. The van der Waals surface area contributed by atoms with Crippen LogP contribution in [0.3, 0.4) is 0 Å². The molecule has 1 aromatic carbocycles. The molecule has 124 valence electrons. The van der Waals surface area contributed by atoms with Crippen LogP contribution in [0.4, 0.5) is 4.39 Å². The monoisotopic (exact) mass is 335 g/mol. The highest BCUT2D eigenvalue weighted by Gasteiger charge is 2.27. The van der Waals surface area contributed by atoms with Gasteiger partial charge in [0.1, 0.15) is 5.82 Å². The standard InChI is InChI=1S/C18H22FNO2S/c19-15-5-1-4-14(10-15)18-7-2-8-20(18)11-16(21)12-22-13-17-6-3-9-23-17/h1,3-6,9-10,16,18,21H,2,7-8,11-13H2/t16-,18+/m1/s1. The van der Waals surface area contributed by atoms with Crippen LogP contribution in [-0.2, 0) is 11.3 Å². The van der Waals surface area contributed by atoms with E-state index in [1.807, 2.05) is 23.6 Å². The van der Waals surface area contributed by atoms with Crippen molar-refractivity contribution in [2.45, 2.75) is 31.6 Å². The third-order valence-corrected chi connectivity index (χ3v) is 5.03. The Hall–Kier alpha value is -1.27. The average Bonchev–Trinajstić information content (AvgIpc) is 3.19. The molecule has 2 atom stereocenters. The van der Waals surface area contributed by atoms with Gasteiger partial charge in [-0.3, -0.25) is 4.90 Å². The van der Waals surface area contributed by atoms with E-state index in [4.69, 9.17) is 4.74 Å². The SMILES string of the molecule is O[C@@H](COCc1cccs1)CN1CCC[C@H]1c1cccc(F)c1. The van der Waals surface area contributed by atoms with Crippen molar-refractivity contribution in [3.8, 4) is 0 Å². The minimum absolute atomic E-state index is 0.192. The molecule has 0 bridgehead atoms. The van der Waals surface area contributed by atoms with Crippen molar-refractivity contribution in [3.05, 3.63) is 58.0 Å². The van der Waals surface area contributed by atoms with Crippen LogP contribution in [0.2, 0.25) is 0 Å². The van der Waals surface area contributed by atoms with Crippen molar-refractivity contribution in [2.75, 3.05) is 19.7 Å². The molecule has 1 aliphatic rings. The molecule has 1 fully saturated rings. The number of halogens is 1. The number of nitrogens with zero attached hydrogens (tertiary/aromatic N) is 1. The summed E-state index contributed by atoms with van der Waals surface area (Å²) in [6.45, 7) is 2.36. The van der Waals surface area contributed by atoms with E-state index in [2.05, 4.69) is 4.90 Å². The number of rotatable bonds is 7. The number of β-amino-alcohol motifs (C(OH)–C–C–N with tert-alkyl or cyclic N) is 1. The van der Waals surface area contributed by atoms with Crippen molar-refractivity contribution in [3.63, 3.8) is 0 Å². The van der Waals surface area contributed by atoms with Crippen molar-refractivity contribution in [1.82, 2.24) is 4.90 Å². The van der Waals surface area contributed by atoms with Crippen LogP contribution in [-0.4, -0.2) is 35.8 Å². The van der Waals surface area contributed by atoms with Crippen molar-refractivity contribution < 1.29 is 14.2 Å². The summed E-state index contributed by atoms with van der Waals surface area (Å²) in [5.74, 6) is -0.200. The molecular formula is C18H22FNO2S. The number of aliphatic hydroxyl groups is 1. The second kappa shape index (κ2) is 8.02. The Kier molecular flexibility index (Phi) is 5.78. The van der Waals surface area contributed by atoms with E-state index in [-0.39, 0.29) is 11.9 Å². The van der Waals surface area contributed by atoms with E-state index < -0.39 is 6.10 Å². The van der Waals surface area contributed by atoms with Crippen LogP contribution in [0.1, 0.15) is 29.3 Å². The summed E-state index contributed by atoms with van der Waals surface area (Å²) in [5.41, 5.74) is 0.995. The first kappa shape index (κ1) is 16.6. The van der Waals surface area contributed by atoms with E-state index in [9.17, 15) is 9.50 Å². The molecule has 3 nitrogen and oxygen atoms in total. The zero-order valence-electron chi connectivity index (χ0n) is 13.0. The summed E-state index contributed by atoms with van der Waals surface area (Å²) in [4.78, 5) is 3.39. The van der Waals surface area contributed by atoms with Gasteiger partial charge in [0.25, 0.3) is 0 Å². The predicted octanol–water partition coefficient (Wildman–Crippen LogP) is 3.60. The van der Waals surface area contributed by atoms with Gasteiger partial charge >= 0.3 is 0 Å². The Labute approximate surface area is 140 Å². The number of benzene rings is 1. The van der Waals surface area contributed by atoms with Crippen LogP contribution in [0.25, 0.3) is 0 Å². The zero-order chi connectivity index (χ0) is 16.1. The van der Waals surface area contributed by atoms with E-state index in [0.29, 0.717) is 19.8 Å². The van der Waals surface area contributed by atoms with E-state index >= 15 is 0 Å². The van der Waals surface area contributed by atoms with Gasteiger partial charge in [0, 0.05) is 17.5 Å². The van der Waals surface area contributed by atoms with Crippen LogP contribution in [0.15, 0.2) is 41.8 Å². The lowest BCUT2D eigenvalue weighted by atomic mass is 10.0. The normalized spacial score (nSPS) is 20.0. The molecule has 1 N–H and O–H groups in total. The van der Waals surface area contributed by atoms with Gasteiger partial charge in [0.2, 0.25) is 0 Å². The van der Waals surface area contributed by atoms with Gasteiger partial charge < -0.3 is 9.84 Å². The minimum Gasteiger partial charge on any atom is -0.389 e. The third-order valence-electron chi connectivity index (χ3n) is 4.18. The number of ether oxygens (including phenoxy) is 1. The highest BCUT2D eigenvalue weighted by molar-refractivity contribution is 7.09. The summed E-state index contributed by atoms with van der Waals surface area (Å²) in [5, 5.41) is 12.2. The Balaban J connectivity index is 1.49. The zero-order valence-corrected chi connectivity index (χ0v) is 13.8. The van der Waals surface area contributed by atoms with Crippen molar-refractivity contribution in [2.24, 2.45) is 0 Å². The first-order chi connectivity index (χ1) is 11.2. The Morgan fingerprint density at radius 3 is 3.04 bits per heavy atom. The highest BCUT2D eigenvalue weighted by Crippen LogP contribution is 2.32. The summed E-state index contributed by atoms with van der Waals surface area (Å²) in [7, 11) is 0. The molecule has 0 amide bonds. The predicted molar refractivity (Wildman–Crippen MR) is 89.9 cm³/mol. The summed E-state index contributed by atoms with van der Waals surface area (Å²) >= 11 is 1.65. The van der Waals surface area contributed by atoms with E-state index in [0.717, 1.165) is 29.8 Å². The minimum atomic E-state index is -0.524. The maximum atomic E-state index is 13.4. The second-order valence-corrected chi connectivity index (χ2v) is 6.99. The number of likely N-dealkylation sites (tertiary alicyclic amines) is 1. The molecule has 23 heavy (non-hydrogen) atoms. The first-order valence-electron chi connectivity index (χ1n) is 8.00. The van der Waals surface area contributed by atoms with E-state index in [1.165, 1.54) is 6.07 Å². The lowest BCUT2D eigenvalue weighted by molar-refractivity contribution is 0.00847. The summed E-state index contributed by atoms with van der Waals surface area (Å²) in [6.07, 6.45) is 1.56. The third kappa shape index (κ3) is 4.61. The molecule has 1 aromatic heterocycles. The smallest absolute Gasteiger partial charge is 0.123 e. The van der Waals surface area contributed by atoms with Crippen LogP contribution < -0.4 is 0 Å². The van der Waals surface area contributed by atoms with Crippen LogP contribution in [0.5, 0.6) is 0 Å². The quantitative estimate of drug-likeness (QED) is 0.839. The number of hydrogen-bond acceptors (Lipinski definition) is 4. The maximum Gasteiger partial charge on any atom is 0.123 e. The highest BCUT2D eigenvalue weighted by atomic mass is 32.1. The fraction of sp³-hybridized carbons (Fsp3) is 0.444. The molecule has 1 saturated heterocycles. The number of hydrogen-bond donors (Lipinski definition) is 1. The van der Waals surface area contributed by atoms with Gasteiger partial charge in [-0.25, -0.2) is 4.39 Å². The Morgan fingerprint density at radius 2 is 2.26 bits per heavy atom. The van der Waals surface area contributed by atoms with Crippen LogP contribution >= 0.6 is 11.3 Å².